The molecule has 0 bridgehead atoms. The zero-order chi connectivity index (χ0) is 17.3. The highest BCUT2D eigenvalue weighted by molar-refractivity contribution is 7.98. The monoisotopic (exact) mass is 369 g/mol. The number of thiazole rings is 1. The van der Waals surface area contributed by atoms with Crippen molar-refractivity contribution >= 4 is 44.4 Å². The van der Waals surface area contributed by atoms with E-state index in [1.807, 2.05) is 0 Å². The maximum Gasteiger partial charge on any atom is 0.418 e. The molecule has 0 atom stereocenters. The highest BCUT2D eigenvalue weighted by Gasteiger charge is 2.33. The van der Waals surface area contributed by atoms with Crippen LogP contribution in [0, 0.1) is 0 Å². The van der Waals surface area contributed by atoms with Crippen LogP contribution in [0.3, 0.4) is 0 Å². The molecule has 0 unspecified atom stereocenters. The molecule has 124 valence electrons. The molecule has 1 amide bonds. The Morgan fingerprint density at radius 3 is 2.75 bits per heavy atom. The van der Waals surface area contributed by atoms with Gasteiger partial charge >= 0.3 is 6.18 Å². The van der Waals surface area contributed by atoms with Gasteiger partial charge in [0.2, 0.25) is 0 Å². The molecule has 2 heterocycles. The lowest BCUT2D eigenvalue weighted by Crippen LogP contribution is -2.13. The Kier molecular flexibility index (Phi) is 4.46. The number of nitrogens with zero attached hydrogens (tertiary/aromatic N) is 2. The van der Waals surface area contributed by atoms with Gasteiger partial charge in [-0.3, -0.25) is 10.1 Å². The van der Waals surface area contributed by atoms with Gasteiger partial charge in [-0.2, -0.15) is 13.2 Å². The van der Waals surface area contributed by atoms with E-state index in [0.717, 1.165) is 17.4 Å². The number of amides is 1. The fourth-order valence-corrected chi connectivity index (χ4v) is 3.56. The molecule has 0 saturated carbocycles. The quantitative estimate of drug-likeness (QED) is 0.681. The highest BCUT2D eigenvalue weighted by atomic mass is 32.2. The van der Waals surface area contributed by atoms with Crippen LogP contribution in [0.1, 0.15) is 15.9 Å². The van der Waals surface area contributed by atoms with Gasteiger partial charge < -0.3 is 0 Å². The molecule has 1 aromatic carbocycles. The Labute approximate surface area is 143 Å². The lowest BCUT2D eigenvalue weighted by molar-refractivity contribution is -0.136. The van der Waals surface area contributed by atoms with Gasteiger partial charge in [0, 0.05) is 6.20 Å². The topological polar surface area (TPSA) is 54.9 Å². The van der Waals surface area contributed by atoms with Gasteiger partial charge in [-0.15, -0.1) is 11.8 Å². The number of para-hydroxylation sites is 1. The van der Waals surface area contributed by atoms with Gasteiger partial charge in [0.15, 0.2) is 5.13 Å². The Balaban J connectivity index is 1.95. The molecular weight excluding hydrogens is 359 g/mol. The summed E-state index contributed by atoms with van der Waals surface area (Å²) in [5, 5.41) is 3.20. The lowest BCUT2D eigenvalue weighted by Gasteiger charge is -2.06. The summed E-state index contributed by atoms with van der Waals surface area (Å²) in [5.41, 5.74) is -0.634. The molecule has 0 aliphatic heterocycles. The fraction of sp³-hybridized carbons (Fsp3) is 0.133. The first kappa shape index (κ1) is 16.7. The number of rotatable bonds is 3. The number of carbonyl (C=O) groups excluding carboxylic acids is 1. The smallest absolute Gasteiger partial charge is 0.298 e. The van der Waals surface area contributed by atoms with E-state index in [2.05, 4.69) is 15.3 Å². The van der Waals surface area contributed by atoms with Crippen molar-refractivity contribution in [3.8, 4) is 0 Å². The SMILES string of the molecule is CSc1ncccc1C(=O)Nc1nc2c(C(F)(F)F)cccc2s1. The van der Waals surface area contributed by atoms with E-state index in [0.29, 0.717) is 15.3 Å². The van der Waals surface area contributed by atoms with Crippen LogP contribution in [0.15, 0.2) is 41.6 Å². The van der Waals surface area contributed by atoms with Gasteiger partial charge in [-0.25, -0.2) is 9.97 Å². The number of anilines is 1. The minimum atomic E-state index is -4.50. The molecule has 24 heavy (non-hydrogen) atoms. The molecule has 1 N–H and O–H groups in total. The number of fused-ring (bicyclic) bond motifs is 1. The molecule has 3 rings (SSSR count). The van der Waals surface area contributed by atoms with Crippen LogP contribution in [-0.2, 0) is 6.18 Å². The molecule has 0 radical (unpaired) electrons. The predicted octanol–water partition coefficient (Wildman–Crippen LogP) is 4.68. The summed E-state index contributed by atoms with van der Waals surface area (Å²) in [5.74, 6) is -0.458. The Morgan fingerprint density at radius 2 is 2.04 bits per heavy atom. The maximum absolute atomic E-state index is 13.0. The van der Waals surface area contributed by atoms with E-state index >= 15 is 0 Å². The number of alkyl halides is 3. The Bertz CT molecular complexity index is 908. The first-order valence-electron chi connectivity index (χ1n) is 6.67. The third-order valence-electron chi connectivity index (χ3n) is 3.15. The van der Waals surface area contributed by atoms with Crippen molar-refractivity contribution in [1.29, 1.82) is 0 Å². The molecule has 4 nitrogen and oxygen atoms in total. The second kappa shape index (κ2) is 6.40. The van der Waals surface area contributed by atoms with Crippen LogP contribution in [0.25, 0.3) is 10.2 Å². The van der Waals surface area contributed by atoms with Crippen molar-refractivity contribution in [3.05, 3.63) is 47.7 Å². The van der Waals surface area contributed by atoms with E-state index in [-0.39, 0.29) is 10.6 Å². The number of aromatic nitrogens is 2. The maximum atomic E-state index is 13.0. The summed E-state index contributed by atoms with van der Waals surface area (Å²) >= 11 is 2.30. The molecule has 0 spiro atoms. The number of pyridine rings is 1. The normalized spacial score (nSPS) is 11.7. The van der Waals surface area contributed by atoms with Crippen molar-refractivity contribution in [1.82, 2.24) is 9.97 Å². The third-order valence-corrected chi connectivity index (χ3v) is 4.80. The van der Waals surface area contributed by atoms with Crippen LogP contribution in [-0.4, -0.2) is 22.1 Å². The first-order valence-corrected chi connectivity index (χ1v) is 8.71. The van der Waals surface area contributed by atoms with Gasteiger partial charge in [-0.05, 0) is 30.5 Å². The molecule has 0 saturated heterocycles. The van der Waals surface area contributed by atoms with Crippen molar-refractivity contribution in [2.24, 2.45) is 0 Å². The Morgan fingerprint density at radius 1 is 1.25 bits per heavy atom. The molecule has 3 aromatic rings. The highest BCUT2D eigenvalue weighted by Crippen LogP contribution is 2.37. The summed E-state index contributed by atoms with van der Waals surface area (Å²) in [6, 6.07) is 7.05. The third kappa shape index (κ3) is 3.22. The van der Waals surface area contributed by atoms with Crippen LogP contribution < -0.4 is 5.32 Å². The number of nitrogens with one attached hydrogen (secondary N) is 1. The number of benzene rings is 1. The van der Waals surface area contributed by atoms with Gasteiger partial charge in [0.05, 0.1) is 21.3 Å². The molecule has 2 aromatic heterocycles. The summed E-state index contributed by atoms with van der Waals surface area (Å²) in [6.07, 6.45) is -1.15. The second-order valence-corrected chi connectivity index (χ2v) is 6.51. The van der Waals surface area contributed by atoms with Crippen molar-refractivity contribution in [2.45, 2.75) is 11.2 Å². The van der Waals surface area contributed by atoms with E-state index < -0.39 is 17.6 Å². The van der Waals surface area contributed by atoms with E-state index in [4.69, 9.17) is 0 Å². The predicted molar refractivity (Wildman–Crippen MR) is 88.6 cm³/mol. The summed E-state index contributed by atoms with van der Waals surface area (Å²) in [6.45, 7) is 0. The largest absolute Gasteiger partial charge is 0.418 e. The first-order chi connectivity index (χ1) is 11.4. The summed E-state index contributed by atoms with van der Waals surface area (Å²) in [7, 11) is 0. The molecule has 0 aliphatic rings. The minimum Gasteiger partial charge on any atom is -0.298 e. The van der Waals surface area contributed by atoms with E-state index in [1.54, 1.807) is 24.6 Å². The number of hydrogen-bond acceptors (Lipinski definition) is 5. The van der Waals surface area contributed by atoms with Gasteiger partial charge in [0.1, 0.15) is 5.03 Å². The van der Waals surface area contributed by atoms with Crippen LogP contribution in [0.5, 0.6) is 0 Å². The van der Waals surface area contributed by atoms with Crippen molar-refractivity contribution in [2.75, 3.05) is 11.6 Å². The zero-order valence-electron chi connectivity index (χ0n) is 12.2. The number of carbonyl (C=O) groups is 1. The molecular formula is C15H10F3N3OS2. The van der Waals surface area contributed by atoms with Crippen molar-refractivity contribution < 1.29 is 18.0 Å². The molecule has 9 heteroatoms. The fourth-order valence-electron chi connectivity index (χ4n) is 2.12. The zero-order valence-corrected chi connectivity index (χ0v) is 13.9. The van der Waals surface area contributed by atoms with Crippen LogP contribution in [0.4, 0.5) is 18.3 Å². The van der Waals surface area contributed by atoms with Gasteiger partial charge in [-0.1, -0.05) is 17.4 Å². The minimum absolute atomic E-state index is 0.114. The standard InChI is InChI=1S/C15H10F3N3OS2/c1-23-13-8(4-3-7-19-13)12(22)21-14-20-11-9(15(16,17)18)5-2-6-10(11)24-14/h2-7H,1H3,(H,20,21,22). The Hall–Kier alpha value is -2.13. The number of thioether (sulfide) groups is 1. The van der Waals surface area contributed by atoms with E-state index in [1.165, 1.54) is 23.9 Å². The molecule has 0 aliphatic carbocycles. The van der Waals surface area contributed by atoms with E-state index in [9.17, 15) is 18.0 Å². The number of hydrogen-bond donors (Lipinski definition) is 1. The summed E-state index contributed by atoms with van der Waals surface area (Å²) in [4.78, 5) is 20.4. The second-order valence-electron chi connectivity index (χ2n) is 4.68. The lowest BCUT2D eigenvalue weighted by atomic mass is 10.2. The average Bonchev–Trinajstić information content (AvgIpc) is 2.95. The summed E-state index contributed by atoms with van der Waals surface area (Å²) < 4.78 is 39.4. The van der Waals surface area contributed by atoms with Crippen molar-refractivity contribution in [3.63, 3.8) is 0 Å². The molecule has 0 fully saturated rings. The van der Waals surface area contributed by atoms with Gasteiger partial charge in [0.25, 0.3) is 5.91 Å². The average molecular weight is 369 g/mol. The van der Waals surface area contributed by atoms with Crippen LogP contribution in [0.2, 0.25) is 0 Å². The number of halogens is 3. The van der Waals surface area contributed by atoms with Crippen LogP contribution >= 0.6 is 23.1 Å².